The number of carbonyl (C=O) groups is 1. The van der Waals surface area contributed by atoms with Gasteiger partial charge in [-0.25, -0.2) is 9.07 Å². The predicted octanol–water partition coefficient (Wildman–Crippen LogP) is 2.61. The van der Waals surface area contributed by atoms with Gasteiger partial charge in [0.2, 0.25) is 0 Å². The summed E-state index contributed by atoms with van der Waals surface area (Å²) in [5, 5.41) is 12.7. The van der Waals surface area contributed by atoms with Crippen molar-refractivity contribution in [2.24, 2.45) is 0 Å². The lowest BCUT2D eigenvalue weighted by molar-refractivity contribution is 0.0710. The van der Waals surface area contributed by atoms with Gasteiger partial charge in [-0.1, -0.05) is 6.07 Å². The molecule has 1 aliphatic rings. The predicted molar refractivity (Wildman–Crippen MR) is 97.2 cm³/mol. The van der Waals surface area contributed by atoms with E-state index in [2.05, 4.69) is 20.3 Å². The van der Waals surface area contributed by atoms with E-state index in [1.165, 1.54) is 0 Å². The van der Waals surface area contributed by atoms with Crippen molar-refractivity contribution in [3.8, 4) is 17.2 Å². The fourth-order valence-corrected chi connectivity index (χ4v) is 3.27. The molecule has 1 atom stereocenters. The van der Waals surface area contributed by atoms with E-state index in [0.717, 1.165) is 12.1 Å². The topological polar surface area (TPSA) is 76.8 Å². The number of carbonyl (C=O) groups excluding carboxylic acids is 1. The molecule has 7 nitrogen and oxygen atoms in total. The lowest BCUT2D eigenvalue weighted by Crippen LogP contribution is -2.37. The molecular formula is C19H19FN6O. The van der Waals surface area contributed by atoms with E-state index < -0.39 is 6.67 Å². The van der Waals surface area contributed by atoms with Crippen molar-refractivity contribution in [2.45, 2.75) is 25.8 Å². The Morgan fingerprint density at radius 3 is 2.85 bits per heavy atom. The molecule has 138 valence electrons. The van der Waals surface area contributed by atoms with E-state index >= 15 is 0 Å². The van der Waals surface area contributed by atoms with Crippen molar-refractivity contribution in [1.82, 2.24) is 29.9 Å². The summed E-state index contributed by atoms with van der Waals surface area (Å²) in [5.41, 5.74) is 2.32. The minimum atomic E-state index is -0.539. The number of amides is 1. The molecular weight excluding hydrogens is 347 g/mol. The van der Waals surface area contributed by atoms with Crippen molar-refractivity contribution >= 4 is 5.91 Å². The van der Waals surface area contributed by atoms with Crippen LogP contribution in [0.2, 0.25) is 0 Å². The Morgan fingerprint density at radius 1 is 1.26 bits per heavy atom. The van der Waals surface area contributed by atoms with E-state index in [-0.39, 0.29) is 17.6 Å². The van der Waals surface area contributed by atoms with Gasteiger partial charge in [0.25, 0.3) is 5.91 Å². The molecule has 3 aromatic rings. The van der Waals surface area contributed by atoms with Crippen LogP contribution in [0.1, 0.15) is 29.0 Å². The minimum absolute atomic E-state index is 0.248. The van der Waals surface area contributed by atoms with Gasteiger partial charge in [-0.2, -0.15) is 10.2 Å². The number of hydrogen-bond acceptors (Lipinski definition) is 5. The second-order valence-electron chi connectivity index (χ2n) is 6.52. The van der Waals surface area contributed by atoms with Gasteiger partial charge in [0.1, 0.15) is 6.67 Å². The van der Waals surface area contributed by atoms with Crippen LogP contribution in [0, 0.1) is 6.92 Å². The van der Waals surface area contributed by atoms with Gasteiger partial charge in [0.15, 0.2) is 11.5 Å². The van der Waals surface area contributed by atoms with Crippen molar-refractivity contribution < 1.29 is 9.18 Å². The number of hydrogen-bond donors (Lipinski definition) is 0. The van der Waals surface area contributed by atoms with Gasteiger partial charge in [-0.3, -0.25) is 9.78 Å². The number of halogens is 1. The van der Waals surface area contributed by atoms with Crippen LogP contribution < -0.4 is 0 Å². The normalized spacial score (nSPS) is 16.7. The zero-order chi connectivity index (χ0) is 18.8. The maximum absolute atomic E-state index is 13.2. The quantitative estimate of drug-likeness (QED) is 0.709. The Hall–Kier alpha value is -3.16. The van der Waals surface area contributed by atoms with E-state index in [1.54, 1.807) is 27.9 Å². The molecule has 0 N–H and O–H groups in total. The summed E-state index contributed by atoms with van der Waals surface area (Å²) in [5.74, 6) is 0.218. The lowest BCUT2D eigenvalue weighted by Gasteiger charge is -2.21. The molecule has 1 aliphatic heterocycles. The highest BCUT2D eigenvalue weighted by molar-refractivity contribution is 5.94. The molecule has 1 fully saturated rings. The zero-order valence-electron chi connectivity index (χ0n) is 14.9. The molecule has 8 heteroatoms. The fraction of sp³-hybridized carbons (Fsp3) is 0.316. The van der Waals surface area contributed by atoms with Crippen molar-refractivity contribution in [1.29, 1.82) is 0 Å². The summed E-state index contributed by atoms with van der Waals surface area (Å²) in [6.07, 6.45) is 3.16. The molecule has 4 heterocycles. The number of alkyl halides is 1. The van der Waals surface area contributed by atoms with Crippen molar-refractivity contribution in [3.05, 3.63) is 54.0 Å². The number of aromatic nitrogens is 5. The molecule has 0 aliphatic carbocycles. The van der Waals surface area contributed by atoms with Crippen LogP contribution in [0.3, 0.4) is 0 Å². The van der Waals surface area contributed by atoms with Crippen LogP contribution in [0.4, 0.5) is 4.39 Å². The molecule has 0 aromatic carbocycles. The van der Waals surface area contributed by atoms with Crippen LogP contribution in [-0.4, -0.2) is 55.0 Å². The number of likely N-dealkylation sites (tertiary alicyclic amines) is 1. The van der Waals surface area contributed by atoms with Crippen LogP contribution in [0.15, 0.2) is 42.6 Å². The zero-order valence-corrected chi connectivity index (χ0v) is 14.9. The van der Waals surface area contributed by atoms with Gasteiger partial charge in [-0.05, 0) is 50.1 Å². The molecule has 0 radical (unpaired) electrons. The molecule has 0 saturated carbocycles. The van der Waals surface area contributed by atoms with E-state index in [4.69, 9.17) is 0 Å². The third-order valence-corrected chi connectivity index (χ3v) is 4.67. The van der Waals surface area contributed by atoms with Gasteiger partial charge in [0, 0.05) is 12.7 Å². The number of rotatable bonds is 4. The second-order valence-corrected chi connectivity index (χ2v) is 6.52. The van der Waals surface area contributed by atoms with Crippen molar-refractivity contribution in [2.75, 3.05) is 13.2 Å². The molecule has 1 amide bonds. The second kappa shape index (κ2) is 7.22. The molecule has 0 unspecified atom stereocenters. The Balaban J connectivity index is 1.78. The van der Waals surface area contributed by atoms with Gasteiger partial charge >= 0.3 is 0 Å². The summed E-state index contributed by atoms with van der Waals surface area (Å²) >= 11 is 0. The Morgan fingerprint density at radius 2 is 2.15 bits per heavy atom. The number of pyridine rings is 1. The summed E-state index contributed by atoms with van der Waals surface area (Å²) in [7, 11) is 0. The number of nitrogens with zero attached hydrogens (tertiary/aromatic N) is 6. The summed E-state index contributed by atoms with van der Waals surface area (Å²) in [4.78, 5) is 18.9. The molecule has 3 aromatic heterocycles. The Bertz CT molecular complexity index is 941. The SMILES string of the molecule is Cc1ccc(-n2nc(C(=O)N3CCC[C@@H]3CF)cc2-c2ccccn2)nn1. The van der Waals surface area contributed by atoms with Crippen molar-refractivity contribution in [3.63, 3.8) is 0 Å². The van der Waals surface area contributed by atoms with Gasteiger partial charge in [0.05, 0.1) is 23.1 Å². The highest BCUT2D eigenvalue weighted by Crippen LogP contribution is 2.25. The third-order valence-electron chi connectivity index (χ3n) is 4.67. The first-order valence-corrected chi connectivity index (χ1v) is 8.86. The van der Waals surface area contributed by atoms with Crippen LogP contribution in [0.5, 0.6) is 0 Å². The molecule has 0 bridgehead atoms. The first kappa shape index (κ1) is 17.3. The average Bonchev–Trinajstić information content (AvgIpc) is 3.36. The first-order valence-electron chi connectivity index (χ1n) is 8.86. The van der Waals surface area contributed by atoms with E-state index in [0.29, 0.717) is 30.2 Å². The highest BCUT2D eigenvalue weighted by atomic mass is 19.1. The molecule has 4 rings (SSSR count). The van der Waals surface area contributed by atoms with Crippen LogP contribution >= 0.6 is 0 Å². The fourth-order valence-electron chi connectivity index (χ4n) is 3.27. The largest absolute Gasteiger partial charge is 0.332 e. The van der Waals surface area contributed by atoms with Gasteiger partial charge in [-0.15, -0.1) is 5.10 Å². The van der Waals surface area contributed by atoms with Crippen LogP contribution in [0.25, 0.3) is 17.2 Å². The Labute approximate surface area is 155 Å². The van der Waals surface area contributed by atoms with E-state index in [9.17, 15) is 9.18 Å². The summed E-state index contributed by atoms with van der Waals surface area (Å²) in [6, 6.07) is 10.4. The lowest BCUT2D eigenvalue weighted by atomic mass is 10.2. The van der Waals surface area contributed by atoms with E-state index in [1.807, 2.05) is 31.2 Å². The minimum Gasteiger partial charge on any atom is -0.332 e. The maximum atomic E-state index is 13.2. The smallest absolute Gasteiger partial charge is 0.274 e. The average molecular weight is 366 g/mol. The molecule has 0 spiro atoms. The standard InChI is InChI=1S/C19H19FN6O/c1-13-7-8-18(23-22-13)26-17(15-6-2-3-9-21-15)11-16(24-26)19(27)25-10-4-5-14(25)12-20/h2-3,6-9,11,14H,4-5,10,12H2,1H3/t14-/m1/s1. The molecule has 27 heavy (non-hydrogen) atoms. The van der Waals surface area contributed by atoms with Gasteiger partial charge < -0.3 is 4.90 Å². The third kappa shape index (κ3) is 3.30. The highest BCUT2D eigenvalue weighted by Gasteiger charge is 2.31. The maximum Gasteiger partial charge on any atom is 0.274 e. The molecule has 1 saturated heterocycles. The number of aryl methyl sites for hydroxylation is 1. The first-order chi connectivity index (χ1) is 13.2. The van der Waals surface area contributed by atoms with Crippen LogP contribution in [-0.2, 0) is 0 Å². The Kier molecular flexibility index (Phi) is 4.62. The summed E-state index contributed by atoms with van der Waals surface area (Å²) in [6.45, 7) is 1.85. The monoisotopic (exact) mass is 366 g/mol. The summed E-state index contributed by atoms with van der Waals surface area (Å²) < 4.78 is 14.8.